The Morgan fingerprint density at radius 1 is 1.47 bits per heavy atom. The number of carbonyl (C=O) groups excluding carboxylic acids is 1. The summed E-state index contributed by atoms with van der Waals surface area (Å²) in [7, 11) is 1.64. The summed E-state index contributed by atoms with van der Waals surface area (Å²) in [4.78, 5) is 18.3. The molecule has 1 aliphatic rings. The van der Waals surface area contributed by atoms with Gasteiger partial charge in [0.25, 0.3) is 5.91 Å². The van der Waals surface area contributed by atoms with Crippen molar-refractivity contribution in [3.05, 3.63) is 30.0 Å². The van der Waals surface area contributed by atoms with Crippen LogP contribution in [0.25, 0.3) is 10.9 Å². The number of hydrogen-bond acceptors (Lipinski definition) is 3. The molecule has 0 spiro atoms. The molecule has 1 unspecified atom stereocenters. The van der Waals surface area contributed by atoms with Gasteiger partial charge in [-0.3, -0.25) is 4.79 Å². The number of aromatic nitrogens is 1. The van der Waals surface area contributed by atoms with Crippen LogP contribution in [0.15, 0.2) is 29.4 Å². The highest BCUT2D eigenvalue weighted by Crippen LogP contribution is 2.34. The van der Waals surface area contributed by atoms with Gasteiger partial charge < -0.3 is 14.5 Å². The number of rotatable bonds is 3. The number of nitrogens with zero attached hydrogens (tertiary/aromatic N) is 1. The third-order valence-corrected chi connectivity index (χ3v) is 3.33. The fourth-order valence-corrected chi connectivity index (χ4v) is 2.37. The van der Waals surface area contributed by atoms with Crippen molar-refractivity contribution in [1.82, 2.24) is 4.98 Å². The van der Waals surface area contributed by atoms with Crippen LogP contribution in [0.1, 0.15) is 18.4 Å². The molecule has 98 valence electrons. The minimum Gasteiger partial charge on any atom is -0.496 e. The Balaban J connectivity index is 2.10. The molecule has 3 rings (SSSR count). The predicted molar refractivity (Wildman–Crippen MR) is 71.7 cm³/mol. The molecule has 0 aliphatic carbocycles. The van der Waals surface area contributed by atoms with Gasteiger partial charge in [0, 0.05) is 17.1 Å². The summed E-state index contributed by atoms with van der Waals surface area (Å²) in [6.07, 6.45) is 1.91. The Morgan fingerprint density at radius 2 is 2.32 bits per heavy atom. The first-order valence-corrected chi connectivity index (χ1v) is 6.09. The lowest BCUT2D eigenvalue weighted by atomic mass is 10.00. The molecule has 0 fully saturated rings. The lowest BCUT2D eigenvalue weighted by molar-refractivity contribution is -0.118. The molecule has 1 amide bonds. The Labute approximate surface area is 110 Å². The first kappa shape index (κ1) is 11.8. The van der Waals surface area contributed by atoms with E-state index in [4.69, 9.17) is 9.47 Å². The molecule has 19 heavy (non-hydrogen) atoms. The van der Waals surface area contributed by atoms with Gasteiger partial charge in [0.05, 0.1) is 13.0 Å². The maximum Gasteiger partial charge on any atom is 0.286 e. The van der Waals surface area contributed by atoms with Crippen LogP contribution in [0.2, 0.25) is 0 Å². The number of hydrogen-bond donors (Lipinski definition) is 1. The molecule has 1 aromatic carbocycles. The van der Waals surface area contributed by atoms with Crippen molar-refractivity contribution < 1.29 is 14.3 Å². The first-order chi connectivity index (χ1) is 9.20. The molecule has 0 saturated heterocycles. The molecule has 1 atom stereocenters. The third kappa shape index (κ3) is 1.87. The monoisotopic (exact) mass is 258 g/mol. The van der Waals surface area contributed by atoms with Crippen molar-refractivity contribution >= 4 is 22.7 Å². The van der Waals surface area contributed by atoms with E-state index in [0.717, 1.165) is 22.2 Å². The van der Waals surface area contributed by atoms with E-state index in [9.17, 15) is 4.79 Å². The Kier molecular flexibility index (Phi) is 2.74. The van der Waals surface area contributed by atoms with Crippen LogP contribution in [-0.4, -0.2) is 30.5 Å². The lowest BCUT2D eigenvalue weighted by Gasteiger charge is -2.11. The van der Waals surface area contributed by atoms with Gasteiger partial charge in [-0.25, -0.2) is 0 Å². The minimum atomic E-state index is -0.228. The third-order valence-electron chi connectivity index (χ3n) is 3.33. The SMILES string of the molecule is COc1cccc2[nH]cc(C(C)C3=NC(=O)CO3)c12. The van der Waals surface area contributed by atoms with Crippen LogP contribution in [0.4, 0.5) is 0 Å². The molecule has 5 heteroatoms. The zero-order valence-corrected chi connectivity index (χ0v) is 10.8. The van der Waals surface area contributed by atoms with E-state index in [1.165, 1.54) is 0 Å². The van der Waals surface area contributed by atoms with Gasteiger partial charge in [-0.05, 0) is 24.6 Å². The normalized spacial score (nSPS) is 16.3. The number of aromatic amines is 1. The number of amides is 1. The second kappa shape index (κ2) is 4.42. The van der Waals surface area contributed by atoms with E-state index in [-0.39, 0.29) is 18.4 Å². The van der Waals surface area contributed by atoms with Crippen LogP contribution in [-0.2, 0) is 9.53 Å². The molecule has 5 nitrogen and oxygen atoms in total. The minimum absolute atomic E-state index is 0.0408. The smallest absolute Gasteiger partial charge is 0.286 e. The average Bonchev–Trinajstić information content (AvgIpc) is 3.03. The van der Waals surface area contributed by atoms with E-state index in [2.05, 4.69) is 9.98 Å². The standard InChI is InChI=1S/C14H14N2O3/c1-8(14-16-12(17)7-19-14)9-6-15-10-4-3-5-11(18-2)13(9)10/h3-6,8,15H,7H2,1-2H3. The zero-order valence-electron chi connectivity index (χ0n) is 10.8. The van der Waals surface area contributed by atoms with Crippen molar-refractivity contribution in [3.63, 3.8) is 0 Å². The van der Waals surface area contributed by atoms with E-state index in [0.29, 0.717) is 5.90 Å². The van der Waals surface area contributed by atoms with E-state index >= 15 is 0 Å². The van der Waals surface area contributed by atoms with E-state index in [1.807, 2.05) is 31.3 Å². The quantitative estimate of drug-likeness (QED) is 0.918. The van der Waals surface area contributed by atoms with Crippen LogP contribution in [0.5, 0.6) is 5.75 Å². The lowest BCUT2D eigenvalue weighted by Crippen LogP contribution is -2.09. The van der Waals surface area contributed by atoms with Crippen molar-refractivity contribution in [3.8, 4) is 5.75 Å². The summed E-state index contributed by atoms with van der Waals surface area (Å²) in [6, 6.07) is 5.82. The number of H-pyrrole nitrogens is 1. The molecular formula is C14H14N2O3. The van der Waals surface area contributed by atoms with Crippen molar-refractivity contribution in [2.24, 2.45) is 4.99 Å². The first-order valence-electron chi connectivity index (χ1n) is 6.09. The highest BCUT2D eigenvalue weighted by Gasteiger charge is 2.25. The molecule has 2 heterocycles. The Bertz CT molecular complexity index is 672. The van der Waals surface area contributed by atoms with E-state index in [1.54, 1.807) is 7.11 Å². The number of benzene rings is 1. The van der Waals surface area contributed by atoms with Gasteiger partial charge >= 0.3 is 0 Å². The molecule has 1 aromatic heterocycles. The van der Waals surface area contributed by atoms with Gasteiger partial charge in [-0.2, -0.15) is 4.99 Å². The largest absolute Gasteiger partial charge is 0.496 e. The predicted octanol–water partition coefficient (Wildman–Crippen LogP) is 2.24. The van der Waals surface area contributed by atoms with Gasteiger partial charge in [-0.15, -0.1) is 0 Å². The van der Waals surface area contributed by atoms with Crippen LogP contribution in [0, 0.1) is 0 Å². The number of nitrogens with one attached hydrogen (secondary N) is 1. The number of aliphatic imine (C=N–C) groups is 1. The van der Waals surface area contributed by atoms with Gasteiger partial charge in [-0.1, -0.05) is 6.07 Å². The molecule has 1 aliphatic heterocycles. The van der Waals surface area contributed by atoms with Crippen molar-refractivity contribution in [1.29, 1.82) is 0 Å². The maximum absolute atomic E-state index is 11.2. The highest BCUT2D eigenvalue weighted by atomic mass is 16.5. The Morgan fingerprint density at radius 3 is 3.00 bits per heavy atom. The van der Waals surface area contributed by atoms with Gasteiger partial charge in [0.1, 0.15) is 5.75 Å². The van der Waals surface area contributed by atoms with Gasteiger partial charge in [0.2, 0.25) is 0 Å². The number of carbonyl (C=O) groups is 1. The molecule has 2 aromatic rings. The molecule has 0 saturated carbocycles. The van der Waals surface area contributed by atoms with E-state index < -0.39 is 0 Å². The Hall–Kier alpha value is -2.30. The summed E-state index contributed by atoms with van der Waals surface area (Å²) in [5.74, 6) is 0.951. The van der Waals surface area contributed by atoms with Crippen LogP contribution in [0.3, 0.4) is 0 Å². The second-order valence-electron chi connectivity index (χ2n) is 4.48. The van der Waals surface area contributed by atoms with Crippen molar-refractivity contribution in [2.75, 3.05) is 13.7 Å². The fourth-order valence-electron chi connectivity index (χ4n) is 2.37. The topological polar surface area (TPSA) is 63.7 Å². The summed E-state index contributed by atoms with van der Waals surface area (Å²) in [6.45, 7) is 2.01. The number of fused-ring (bicyclic) bond motifs is 1. The number of ether oxygens (including phenoxy) is 2. The second-order valence-corrected chi connectivity index (χ2v) is 4.48. The molecule has 0 radical (unpaired) electrons. The summed E-state index contributed by atoms with van der Waals surface area (Å²) < 4.78 is 10.7. The summed E-state index contributed by atoms with van der Waals surface area (Å²) in [5, 5.41) is 1.00. The highest BCUT2D eigenvalue weighted by molar-refractivity contribution is 6.02. The van der Waals surface area contributed by atoms with Crippen LogP contribution >= 0.6 is 0 Å². The van der Waals surface area contributed by atoms with Crippen LogP contribution < -0.4 is 4.74 Å². The number of methoxy groups -OCH3 is 1. The molecule has 0 bridgehead atoms. The van der Waals surface area contributed by atoms with Gasteiger partial charge in [0.15, 0.2) is 12.5 Å². The fraction of sp³-hybridized carbons (Fsp3) is 0.286. The van der Waals surface area contributed by atoms with Crippen molar-refractivity contribution in [2.45, 2.75) is 12.8 Å². The summed E-state index contributed by atoms with van der Waals surface area (Å²) in [5.41, 5.74) is 2.01. The average molecular weight is 258 g/mol. The zero-order chi connectivity index (χ0) is 13.4. The molecular weight excluding hydrogens is 244 g/mol. The maximum atomic E-state index is 11.2. The molecule has 1 N–H and O–H groups in total. The summed E-state index contributed by atoms with van der Waals surface area (Å²) >= 11 is 0.